The van der Waals surface area contributed by atoms with Gasteiger partial charge in [0.15, 0.2) is 24.3 Å². The minimum absolute atomic E-state index is 0.0272. The van der Waals surface area contributed by atoms with Crippen LogP contribution in [0.2, 0.25) is 0 Å². The van der Waals surface area contributed by atoms with Gasteiger partial charge in [-0.1, -0.05) is 18.1 Å². The Labute approximate surface area is 173 Å². The van der Waals surface area contributed by atoms with Gasteiger partial charge >= 0.3 is 5.97 Å². The summed E-state index contributed by atoms with van der Waals surface area (Å²) in [6.45, 7) is 1.19. The lowest BCUT2D eigenvalue weighted by atomic mass is 10.1. The number of esters is 1. The Morgan fingerprint density at radius 1 is 1.40 bits per heavy atom. The Morgan fingerprint density at radius 2 is 2.13 bits per heavy atom. The second-order valence-corrected chi connectivity index (χ2v) is 6.93. The van der Waals surface area contributed by atoms with Gasteiger partial charge < -0.3 is 19.7 Å². The SMILES string of the molecule is C#CCOC(=O)[C@@H](NC(=O)C[C@@H]1CCC(=O)N1Cc1cccc(F)c1F)[C@@H](C)OC. The molecule has 1 heterocycles. The number of terminal acetylenes is 1. The fraction of sp³-hybridized carbons (Fsp3) is 0.476. The summed E-state index contributed by atoms with van der Waals surface area (Å²) in [5, 5.41) is 2.54. The van der Waals surface area contributed by atoms with Gasteiger partial charge in [-0.2, -0.15) is 0 Å². The molecule has 0 saturated carbocycles. The molecule has 1 aliphatic heterocycles. The van der Waals surface area contributed by atoms with E-state index in [0.717, 1.165) is 6.07 Å². The zero-order valence-corrected chi connectivity index (χ0v) is 16.8. The van der Waals surface area contributed by atoms with Gasteiger partial charge in [-0.3, -0.25) is 9.59 Å². The van der Waals surface area contributed by atoms with E-state index >= 15 is 0 Å². The molecule has 3 atom stereocenters. The molecule has 2 rings (SSSR count). The van der Waals surface area contributed by atoms with Crippen LogP contribution in [0.25, 0.3) is 0 Å². The Balaban J connectivity index is 2.06. The summed E-state index contributed by atoms with van der Waals surface area (Å²) in [5.74, 6) is -1.37. The van der Waals surface area contributed by atoms with Crippen molar-refractivity contribution in [2.75, 3.05) is 13.7 Å². The first kappa shape index (κ1) is 23.3. The second-order valence-electron chi connectivity index (χ2n) is 6.93. The van der Waals surface area contributed by atoms with Crippen LogP contribution in [0.3, 0.4) is 0 Å². The van der Waals surface area contributed by atoms with E-state index in [2.05, 4.69) is 11.2 Å². The van der Waals surface area contributed by atoms with Gasteiger partial charge in [-0.15, -0.1) is 6.42 Å². The Hall–Kier alpha value is -2.99. The fourth-order valence-corrected chi connectivity index (χ4v) is 3.23. The van der Waals surface area contributed by atoms with Crippen molar-refractivity contribution in [2.24, 2.45) is 0 Å². The Bertz CT molecular complexity index is 839. The number of hydrogen-bond acceptors (Lipinski definition) is 5. The molecular weight excluding hydrogens is 398 g/mol. The summed E-state index contributed by atoms with van der Waals surface area (Å²) in [4.78, 5) is 38.3. The van der Waals surface area contributed by atoms with Crippen LogP contribution >= 0.6 is 0 Å². The lowest BCUT2D eigenvalue weighted by molar-refractivity contribution is -0.150. The van der Waals surface area contributed by atoms with Crippen molar-refractivity contribution in [1.82, 2.24) is 10.2 Å². The van der Waals surface area contributed by atoms with Gasteiger partial charge in [0.1, 0.15) is 0 Å². The van der Waals surface area contributed by atoms with Crippen molar-refractivity contribution in [3.05, 3.63) is 35.4 Å². The zero-order valence-electron chi connectivity index (χ0n) is 16.8. The predicted octanol–water partition coefficient (Wildman–Crippen LogP) is 1.54. The molecule has 0 aliphatic carbocycles. The molecule has 0 radical (unpaired) electrons. The third kappa shape index (κ3) is 5.76. The van der Waals surface area contributed by atoms with Crippen LogP contribution in [-0.2, 0) is 30.4 Å². The molecule has 30 heavy (non-hydrogen) atoms. The van der Waals surface area contributed by atoms with Crippen molar-refractivity contribution in [3.8, 4) is 12.3 Å². The van der Waals surface area contributed by atoms with Gasteiger partial charge in [0.05, 0.1) is 6.10 Å². The number of benzene rings is 1. The molecule has 9 heteroatoms. The van der Waals surface area contributed by atoms with Crippen LogP contribution in [0.4, 0.5) is 8.78 Å². The first-order valence-electron chi connectivity index (χ1n) is 9.43. The number of likely N-dealkylation sites (tertiary alicyclic amines) is 1. The van der Waals surface area contributed by atoms with Gasteiger partial charge in [-0.25, -0.2) is 13.6 Å². The third-order valence-electron chi connectivity index (χ3n) is 4.96. The van der Waals surface area contributed by atoms with Crippen LogP contribution < -0.4 is 5.32 Å². The highest BCUT2D eigenvalue weighted by Crippen LogP contribution is 2.25. The molecule has 1 aromatic rings. The molecule has 0 aromatic heterocycles. The molecule has 1 aromatic carbocycles. The van der Waals surface area contributed by atoms with Gasteiger partial charge in [0.25, 0.3) is 0 Å². The summed E-state index contributed by atoms with van der Waals surface area (Å²) in [6, 6.07) is 2.14. The molecule has 0 unspecified atom stereocenters. The van der Waals surface area contributed by atoms with Crippen LogP contribution in [0.5, 0.6) is 0 Å². The predicted molar refractivity (Wildman–Crippen MR) is 103 cm³/mol. The number of carbonyl (C=O) groups excluding carboxylic acids is 3. The number of amides is 2. The molecule has 1 fully saturated rings. The molecule has 0 spiro atoms. The molecule has 162 valence electrons. The number of hydrogen-bond donors (Lipinski definition) is 1. The summed E-state index contributed by atoms with van der Waals surface area (Å²) in [6.07, 6.45) is 4.86. The fourth-order valence-electron chi connectivity index (χ4n) is 3.23. The summed E-state index contributed by atoms with van der Waals surface area (Å²) >= 11 is 0. The molecule has 7 nitrogen and oxygen atoms in total. The number of nitrogens with one attached hydrogen (secondary N) is 1. The molecule has 0 bridgehead atoms. The maximum atomic E-state index is 14.0. The lowest BCUT2D eigenvalue weighted by Crippen LogP contribution is -2.50. The maximum absolute atomic E-state index is 14.0. The zero-order chi connectivity index (χ0) is 22.3. The molecule has 1 N–H and O–H groups in total. The highest BCUT2D eigenvalue weighted by atomic mass is 19.2. The minimum Gasteiger partial charge on any atom is -0.451 e. The number of ether oxygens (including phenoxy) is 2. The Kier molecular flexibility index (Phi) is 8.30. The number of nitrogens with zero attached hydrogens (tertiary/aromatic N) is 1. The third-order valence-corrected chi connectivity index (χ3v) is 4.96. The van der Waals surface area contributed by atoms with E-state index in [1.54, 1.807) is 6.92 Å². The number of rotatable bonds is 9. The lowest BCUT2D eigenvalue weighted by Gasteiger charge is -2.27. The van der Waals surface area contributed by atoms with Crippen molar-refractivity contribution in [2.45, 2.75) is 50.9 Å². The van der Waals surface area contributed by atoms with Gasteiger partial charge in [0.2, 0.25) is 11.8 Å². The number of halogens is 2. The standard InChI is InChI=1S/C21H24F2N2O5/c1-4-10-30-21(28)20(13(2)29-3)24-17(26)11-15-8-9-18(27)25(15)12-14-6-5-7-16(22)19(14)23/h1,5-7,13,15,20H,8-12H2,2-3H3,(H,24,26)/t13-,15+,20+/m1/s1. The number of carbonyl (C=O) groups is 3. The van der Waals surface area contributed by atoms with Crippen LogP contribution in [0.1, 0.15) is 31.7 Å². The maximum Gasteiger partial charge on any atom is 0.332 e. The van der Waals surface area contributed by atoms with Crippen molar-refractivity contribution >= 4 is 17.8 Å². The van der Waals surface area contributed by atoms with Crippen molar-refractivity contribution in [3.63, 3.8) is 0 Å². The Morgan fingerprint density at radius 3 is 2.80 bits per heavy atom. The average molecular weight is 422 g/mol. The largest absolute Gasteiger partial charge is 0.451 e. The quantitative estimate of drug-likeness (QED) is 0.482. The van der Waals surface area contributed by atoms with Crippen LogP contribution in [0.15, 0.2) is 18.2 Å². The topological polar surface area (TPSA) is 84.9 Å². The molecular formula is C21H24F2N2O5. The van der Waals surface area contributed by atoms with E-state index in [1.807, 2.05) is 0 Å². The first-order valence-corrected chi connectivity index (χ1v) is 9.43. The summed E-state index contributed by atoms with van der Waals surface area (Å²) in [5.41, 5.74) is 0.0272. The van der Waals surface area contributed by atoms with Gasteiger partial charge in [-0.05, 0) is 19.4 Å². The first-order chi connectivity index (χ1) is 14.3. The normalized spacial score (nSPS) is 17.9. The minimum atomic E-state index is -1.08. The monoisotopic (exact) mass is 422 g/mol. The molecule has 1 saturated heterocycles. The number of methoxy groups -OCH3 is 1. The van der Waals surface area contributed by atoms with E-state index < -0.39 is 41.7 Å². The average Bonchev–Trinajstić information content (AvgIpc) is 3.06. The molecule has 1 aliphatic rings. The van der Waals surface area contributed by atoms with Crippen LogP contribution in [0, 0.1) is 24.0 Å². The van der Waals surface area contributed by atoms with E-state index in [4.69, 9.17) is 15.9 Å². The summed E-state index contributed by atoms with van der Waals surface area (Å²) < 4.78 is 37.4. The van der Waals surface area contributed by atoms with E-state index in [0.29, 0.717) is 6.42 Å². The molecule has 2 amide bonds. The van der Waals surface area contributed by atoms with E-state index in [9.17, 15) is 23.2 Å². The highest BCUT2D eigenvalue weighted by Gasteiger charge is 2.35. The van der Waals surface area contributed by atoms with Crippen molar-refractivity contribution in [1.29, 1.82) is 0 Å². The van der Waals surface area contributed by atoms with Crippen LogP contribution in [-0.4, -0.2) is 54.6 Å². The second kappa shape index (κ2) is 10.7. The van der Waals surface area contributed by atoms with Crippen molar-refractivity contribution < 1.29 is 32.6 Å². The van der Waals surface area contributed by atoms with Gasteiger partial charge in [0, 0.05) is 38.1 Å². The van der Waals surface area contributed by atoms with E-state index in [-0.39, 0.29) is 37.5 Å². The highest BCUT2D eigenvalue weighted by molar-refractivity contribution is 5.86. The summed E-state index contributed by atoms with van der Waals surface area (Å²) in [7, 11) is 1.38. The smallest absolute Gasteiger partial charge is 0.332 e. The van der Waals surface area contributed by atoms with E-state index in [1.165, 1.54) is 24.1 Å².